The van der Waals surface area contributed by atoms with Crippen LogP contribution >= 0.6 is 12.4 Å². The van der Waals surface area contributed by atoms with Crippen molar-refractivity contribution >= 4 is 33.9 Å². The highest BCUT2D eigenvalue weighted by atomic mass is 35.5. The number of halogens is 2. The first-order chi connectivity index (χ1) is 11.2. The Balaban J connectivity index is 0.00000312. The maximum atomic E-state index is 13.8. The maximum Gasteiger partial charge on any atom is 0.238 e. The number of nitrogens with one attached hydrogen (secondary N) is 1. The second-order valence-corrected chi connectivity index (χ2v) is 7.91. The molecule has 1 aromatic rings. The topological polar surface area (TPSA) is 83.6 Å². The number of Topliss-reactive ketones (excluding diaryl/α,β-unsaturated/α-hetero) is 1. The van der Waals surface area contributed by atoms with E-state index in [4.69, 9.17) is 0 Å². The fraction of sp³-hybridized carbons (Fsp3) is 0.500. The molecule has 1 fully saturated rings. The lowest BCUT2D eigenvalue weighted by atomic mass is 10.1. The Kier molecular flexibility index (Phi) is 7.52. The van der Waals surface area contributed by atoms with Gasteiger partial charge < -0.3 is 10.2 Å². The fourth-order valence-corrected chi connectivity index (χ4v) is 3.98. The minimum Gasteiger partial charge on any atom is -0.340 e. The van der Waals surface area contributed by atoms with E-state index in [-0.39, 0.29) is 28.9 Å². The molecule has 1 heterocycles. The zero-order chi connectivity index (χ0) is 17.9. The molecule has 0 aromatic heterocycles. The molecule has 2 rings (SSSR count). The Morgan fingerprint density at radius 1 is 1.36 bits per heavy atom. The van der Waals surface area contributed by atoms with Crippen LogP contribution in [0.2, 0.25) is 0 Å². The van der Waals surface area contributed by atoms with Crippen LogP contribution in [-0.4, -0.2) is 56.9 Å². The van der Waals surface area contributed by atoms with Crippen molar-refractivity contribution in [2.75, 3.05) is 25.9 Å². The van der Waals surface area contributed by atoms with Crippen molar-refractivity contribution < 1.29 is 22.4 Å². The first kappa shape index (κ1) is 21.5. The molecule has 1 N–H and O–H groups in total. The van der Waals surface area contributed by atoms with Gasteiger partial charge in [0.1, 0.15) is 11.6 Å². The molecule has 9 heteroatoms. The summed E-state index contributed by atoms with van der Waals surface area (Å²) in [6.45, 7) is 2.18. The second-order valence-electron chi connectivity index (χ2n) is 5.92. The Labute approximate surface area is 153 Å². The third-order valence-electron chi connectivity index (χ3n) is 4.17. The van der Waals surface area contributed by atoms with Gasteiger partial charge in [-0.15, -0.1) is 12.4 Å². The van der Waals surface area contributed by atoms with Gasteiger partial charge in [-0.2, -0.15) is 0 Å². The van der Waals surface area contributed by atoms with E-state index >= 15 is 0 Å². The highest BCUT2D eigenvalue weighted by Gasteiger charge is 2.28. The summed E-state index contributed by atoms with van der Waals surface area (Å²) in [5, 5.41) is 3.08. The Morgan fingerprint density at radius 3 is 2.60 bits per heavy atom. The highest BCUT2D eigenvalue weighted by molar-refractivity contribution is 7.92. The molecule has 140 valence electrons. The number of ketones is 1. The van der Waals surface area contributed by atoms with Gasteiger partial charge in [-0.3, -0.25) is 9.59 Å². The summed E-state index contributed by atoms with van der Waals surface area (Å²) in [5.41, 5.74) is -0.173. The summed E-state index contributed by atoms with van der Waals surface area (Å²) in [5.74, 6) is -2.59. The molecule has 1 aliphatic rings. The first-order valence-electron chi connectivity index (χ1n) is 7.73. The molecule has 0 radical (unpaired) electrons. The van der Waals surface area contributed by atoms with E-state index in [1.807, 2.05) is 0 Å². The molecule has 1 unspecified atom stereocenters. The zero-order valence-corrected chi connectivity index (χ0v) is 15.8. The first-order valence-corrected chi connectivity index (χ1v) is 9.38. The Morgan fingerprint density at radius 2 is 2.04 bits per heavy atom. The van der Waals surface area contributed by atoms with Crippen molar-refractivity contribution in [2.24, 2.45) is 0 Å². The normalized spacial score (nSPS) is 17.7. The predicted molar refractivity (Wildman–Crippen MR) is 94.4 cm³/mol. The van der Waals surface area contributed by atoms with Gasteiger partial charge >= 0.3 is 0 Å². The van der Waals surface area contributed by atoms with Crippen molar-refractivity contribution in [1.29, 1.82) is 0 Å². The fourth-order valence-electron chi connectivity index (χ4n) is 2.75. The SMILES string of the molecule is CNC1CCCN(C(=O)CS(=O)(=O)c2ccc(C(C)=O)c(F)c2)C1.Cl. The second kappa shape index (κ2) is 8.73. The summed E-state index contributed by atoms with van der Waals surface area (Å²) in [7, 11) is -2.16. The van der Waals surface area contributed by atoms with Gasteiger partial charge in [0.2, 0.25) is 5.91 Å². The van der Waals surface area contributed by atoms with Crippen molar-refractivity contribution in [3.63, 3.8) is 0 Å². The number of hydrogen-bond donors (Lipinski definition) is 1. The van der Waals surface area contributed by atoms with Gasteiger partial charge in [-0.25, -0.2) is 12.8 Å². The van der Waals surface area contributed by atoms with Crippen molar-refractivity contribution in [2.45, 2.75) is 30.7 Å². The van der Waals surface area contributed by atoms with E-state index in [0.29, 0.717) is 13.1 Å². The van der Waals surface area contributed by atoms with Crippen LogP contribution in [0.5, 0.6) is 0 Å². The summed E-state index contributed by atoms with van der Waals surface area (Å²) < 4.78 is 38.5. The van der Waals surface area contributed by atoms with Crippen molar-refractivity contribution in [1.82, 2.24) is 10.2 Å². The van der Waals surface area contributed by atoms with E-state index in [1.54, 1.807) is 7.05 Å². The number of amides is 1. The molecule has 1 amide bonds. The summed E-state index contributed by atoms with van der Waals surface area (Å²) in [6.07, 6.45) is 1.74. The molecular formula is C16H22ClFN2O4S. The van der Waals surface area contributed by atoms with Crippen LogP contribution in [0, 0.1) is 5.82 Å². The quantitative estimate of drug-likeness (QED) is 0.766. The van der Waals surface area contributed by atoms with Gasteiger partial charge in [0.25, 0.3) is 0 Å². The summed E-state index contributed by atoms with van der Waals surface area (Å²) >= 11 is 0. The van der Waals surface area contributed by atoms with Gasteiger partial charge in [0, 0.05) is 19.1 Å². The lowest BCUT2D eigenvalue weighted by molar-refractivity contribution is -0.129. The molecule has 1 aliphatic heterocycles. The average molecular weight is 393 g/mol. The zero-order valence-electron chi connectivity index (χ0n) is 14.1. The molecule has 25 heavy (non-hydrogen) atoms. The number of likely N-dealkylation sites (tertiary alicyclic amines) is 1. The molecular weight excluding hydrogens is 371 g/mol. The number of carbonyl (C=O) groups excluding carboxylic acids is 2. The van der Waals surface area contributed by atoms with Gasteiger partial charge in [-0.05, 0) is 45.0 Å². The minimum absolute atomic E-state index is 0. The van der Waals surface area contributed by atoms with E-state index < -0.39 is 33.1 Å². The van der Waals surface area contributed by atoms with E-state index in [2.05, 4.69) is 5.32 Å². The van der Waals surface area contributed by atoms with Crippen LogP contribution in [0.25, 0.3) is 0 Å². The summed E-state index contributed by atoms with van der Waals surface area (Å²) in [6, 6.07) is 3.24. The summed E-state index contributed by atoms with van der Waals surface area (Å²) in [4.78, 5) is 24.7. The van der Waals surface area contributed by atoms with Crippen LogP contribution in [0.4, 0.5) is 4.39 Å². The molecule has 1 atom stereocenters. The van der Waals surface area contributed by atoms with Crippen LogP contribution in [0.1, 0.15) is 30.1 Å². The van der Waals surface area contributed by atoms with Crippen molar-refractivity contribution in [3.05, 3.63) is 29.6 Å². The van der Waals surface area contributed by atoms with Crippen LogP contribution < -0.4 is 5.32 Å². The Bertz CT molecular complexity index is 755. The number of rotatable bonds is 5. The largest absolute Gasteiger partial charge is 0.340 e. The van der Waals surface area contributed by atoms with Crippen LogP contribution in [0.15, 0.2) is 23.1 Å². The third kappa shape index (κ3) is 5.23. The smallest absolute Gasteiger partial charge is 0.238 e. The van der Waals surface area contributed by atoms with Gasteiger partial charge in [0.05, 0.1) is 10.5 Å². The monoisotopic (exact) mass is 392 g/mol. The number of sulfone groups is 1. The number of carbonyl (C=O) groups is 2. The average Bonchev–Trinajstić information content (AvgIpc) is 2.54. The standard InChI is InChI=1S/C16H21FN2O4S.ClH/c1-11(20)14-6-5-13(8-15(14)17)24(22,23)10-16(21)19-7-3-4-12(9-19)18-2;/h5-6,8,12,18H,3-4,7,9-10H2,1-2H3;1H. The number of piperidine rings is 1. The molecule has 0 aliphatic carbocycles. The van der Waals surface area contributed by atoms with Gasteiger partial charge in [-0.1, -0.05) is 0 Å². The molecule has 0 spiro atoms. The number of hydrogen-bond acceptors (Lipinski definition) is 5. The molecule has 0 bridgehead atoms. The highest BCUT2D eigenvalue weighted by Crippen LogP contribution is 2.18. The number of benzene rings is 1. The predicted octanol–water partition coefficient (Wildman–Crippen LogP) is 1.43. The van der Waals surface area contributed by atoms with Crippen molar-refractivity contribution in [3.8, 4) is 0 Å². The Hall–Kier alpha value is -1.51. The third-order valence-corrected chi connectivity index (χ3v) is 5.77. The van der Waals surface area contributed by atoms with Crippen LogP contribution in [-0.2, 0) is 14.6 Å². The number of nitrogens with zero attached hydrogens (tertiary/aromatic N) is 1. The molecule has 6 nitrogen and oxygen atoms in total. The lowest BCUT2D eigenvalue weighted by Gasteiger charge is -2.32. The molecule has 0 saturated carbocycles. The molecule has 1 aromatic carbocycles. The van der Waals surface area contributed by atoms with Crippen LogP contribution in [0.3, 0.4) is 0 Å². The minimum atomic E-state index is -3.96. The van der Waals surface area contributed by atoms with E-state index in [9.17, 15) is 22.4 Å². The van der Waals surface area contributed by atoms with E-state index in [1.165, 1.54) is 11.8 Å². The van der Waals surface area contributed by atoms with Gasteiger partial charge in [0.15, 0.2) is 15.6 Å². The number of likely N-dealkylation sites (N-methyl/N-ethyl adjacent to an activating group) is 1. The maximum absolute atomic E-state index is 13.8. The lowest BCUT2D eigenvalue weighted by Crippen LogP contribution is -2.48. The molecule has 1 saturated heterocycles. The van der Waals surface area contributed by atoms with E-state index in [0.717, 1.165) is 31.0 Å².